The van der Waals surface area contributed by atoms with E-state index in [4.69, 9.17) is 0 Å². The lowest BCUT2D eigenvalue weighted by atomic mass is 10.1. The van der Waals surface area contributed by atoms with Crippen LogP contribution in [0.5, 0.6) is 0 Å². The predicted molar refractivity (Wildman–Crippen MR) is 60.2 cm³/mol. The van der Waals surface area contributed by atoms with Gasteiger partial charge < -0.3 is 4.72 Å². The number of aliphatic imine (C=N–C) groups is 1. The molecular weight excluding hydrogens is 192 g/mol. The Hall–Kier alpha value is -0.960. The fourth-order valence-electron chi connectivity index (χ4n) is 1.71. The fraction of sp³-hybridized carbons (Fsp3) is 0.364. The number of hydrogen-bond acceptors (Lipinski definition) is 3. The summed E-state index contributed by atoms with van der Waals surface area (Å²) in [5.41, 5.74) is 2.59. The second-order valence-corrected chi connectivity index (χ2v) is 4.75. The maximum absolute atomic E-state index is 4.45. The van der Waals surface area contributed by atoms with Crippen molar-refractivity contribution in [2.75, 3.05) is 0 Å². The van der Waals surface area contributed by atoms with Gasteiger partial charge >= 0.3 is 0 Å². The van der Waals surface area contributed by atoms with Crippen LogP contribution in [0.2, 0.25) is 0 Å². The molecule has 1 aliphatic carbocycles. The summed E-state index contributed by atoms with van der Waals surface area (Å²) in [4.78, 5) is 5.72. The average Bonchev–Trinajstić information content (AvgIpc) is 3.00. The number of hydrogen-bond donors (Lipinski definition) is 1. The summed E-state index contributed by atoms with van der Waals surface area (Å²) in [6.45, 7) is 1.99. The molecule has 3 heteroatoms. The average molecular weight is 204 g/mol. The summed E-state index contributed by atoms with van der Waals surface area (Å²) in [7, 11) is 0. The molecule has 0 spiro atoms. The predicted octanol–water partition coefficient (Wildman–Crippen LogP) is 3.22. The molecule has 1 aromatic rings. The zero-order chi connectivity index (χ0) is 9.54. The molecule has 2 aliphatic rings. The normalized spacial score (nSPS) is 19.6. The molecule has 0 saturated heterocycles. The summed E-state index contributed by atoms with van der Waals surface area (Å²) in [5.74, 6) is 1.81. The third-order valence-electron chi connectivity index (χ3n) is 2.63. The van der Waals surface area contributed by atoms with Gasteiger partial charge in [0.05, 0.1) is 10.6 Å². The molecule has 0 bridgehead atoms. The SMILES string of the molecule is CC1=Nc2ccc(C3CC3)cc2SN1. The van der Waals surface area contributed by atoms with E-state index in [0.717, 1.165) is 17.4 Å². The Morgan fingerprint density at radius 3 is 3.07 bits per heavy atom. The van der Waals surface area contributed by atoms with Crippen molar-refractivity contribution in [3.8, 4) is 0 Å². The Balaban J connectivity index is 2.02. The lowest BCUT2D eigenvalue weighted by Crippen LogP contribution is -2.13. The maximum Gasteiger partial charge on any atom is 0.109 e. The van der Waals surface area contributed by atoms with Crippen LogP contribution in [0.1, 0.15) is 31.2 Å². The summed E-state index contributed by atoms with van der Waals surface area (Å²) in [6, 6.07) is 6.64. The van der Waals surface area contributed by atoms with Gasteiger partial charge in [-0.3, -0.25) is 0 Å². The molecule has 0 aromatic heterocycles. The van der Waals surface area contributed by atoms with Crippen molar-refractivity contribution in [3.05, 3.63) is 23.8 Å². The van der Waals surface area contributed by atoms with Gasteiger partial charge in [0.1, 0.15) is 5.84 Å². The first-order chi connectivity index (χ1) is 6.83. The highest BCUT2D eigenvalue weighted by Gasteiger charge is 2.24. The number of rotatable bonds is 1. The second-order valence-electron chi connectivity index (χ2n) is 3.90. The highest BCUT2D eigenvalue weighted by Crippen LogP contribution is 2.43. The lowest BCUT2D eigenvalue weighted by Gasteiger charge is -2.14. The zero-order valence-electron chi connectivity index (χ0n) is 8.08. The topological polar surface area (TPSA) is 24.4 Å². The van der Waals surface area contributed by atoms with E-state index in [1.807, 2.05) is 6.92 Å². The van der Waals surface area contributed by atoms with Crippen LogP contribution in [0.3, 0.4) is 0 Å². The van der Waals surface area contributed by atoms with E-state index in [2.05, 4.69) is 27.9 Å². The van der Waals surface area contributed by atoms with Gasteiger partial charge in [-0.1, -0.05) is 6.07 Å². The fourth-order valence-corrected chi connectivity index (χ4v) is 2.42. The van der Waals surface area contributed by atoms with Crippen molar-refractivity contribution >= 4 is 23.5 Å². The van der Waals surface area contributed by atoms with Crippen molar-refractivity contribution in [2.24, 2.45) is 4.99 Å². The van der Waals surface area contributed by atoms with Crippen LogP contribution in [-0.2, 0) is 0 Å². The van der Waals surface area contributed by atoms with E-state index >= 15 is 0 Å². The summed E-state index contributed by atoms with van der Waals surface area (Å²) >= 11 is 1.68. The monoisotopic (exact) mass is 204 g/mol. The first kappa shape index (κ1) is 8.36. The van der Waals surface area contributed by atoms with Gasteiger partial charge in [-0.25, -0.2) is 4.99 Å². The molecule has 1 aliphatic heterocycles. The van der Waals surface area contributed by atoms with Gasteiger partial charge in [0, 0.05) is 0 Å². The zero-order valence-corrected chi connectivity index (χ0v) is 8.90. The van der Waals surface area contributed by atoms with Crippen LogP contribution in [0.4, 0.5) is 5.69 Å². The molecule has 0 radical (unpaired) electrons. The van der Waals surface area contributed by atoms with Gasteiger partial charge in [-0.05, 0) is 55.3 Å². The summed E-state index contributed by atoms with van der Waals surface area (Å²) < 4.78 is 3.19. The molecule has 0 atom stereocenters. The third-order valence-corrected chi connectivity index (χ3v) is 3.57. The lowest BCUT2D eigenvalue weighted by molar-refractivity contribution is 1.10. The van der Waals surface area contributed by atoms with E-state index in [1.54, 1.807) is 11.9 Å². The quantitative estimate of drug-likeness (QED) is 0.710. The first-order valence-electron chi connectivity index (χ1n) is 4.95. The maximum atomic E-state index is 4.45. The minimum atomic E-state index is 0.827. The van der Waals surface area contributed by atoms with E-state index in [0.29, 0.717) is 0 Å². The Morgan fingerprint density at radius 1 is 1.43 bits per heavy atom. The van der Waals surface area contributed by atoms with Crippen molar-refractivity contribution in [1.29, 1.82) is 0 Å². The molecule has 14 heavy (non-hydrogen) atoms. The minimum Gasteiger partial charge on any atom is -0.314 e. The number of benzene rings is 1. The highest BCUT2D eigenvalue weighted by atomic mass is 32.2. The number of nitrogens with one attached hydrogen (secondary N) is 1. The van der Waals surface area contributed by atoms with Crippen molar-refractivity contribution in [2.45, 2.75) is 30.6 Å². The Labute approximate surface area is 87.9 Å². The van der Waals surface area contributed by atoms with E-state index in [9.17, 15) is 0 Å². The van der Waals surface area contributed by atoms with Gasteiger partial charge in [0.2, 0.25) is 0 Å². The van der Waals surface area contributed by atoms with Gasteiger partial charge in [-0.15, -0.1) is 0 Å². The van der Waals surface area contributed by atoms with Crippen LogP contribution < -0.4 is 4.72 Å². The number of nitrogens with zero attached hydrogens (tertiary/aromatic N) is 1. The smallest absolute Gasteiger partial charge is 0.109 e. The first-order valence-corrected chi connectivity index (χ1v) is 5.77. The molecule has 72 valence electrons. The molecule has 0 amide bonds. The van der Waals surface area contributed by atoms with Crippen molar-refractivity contribution in [1.82, 2.24) is 4.72 Å². The summed E-state index contributed by atoms with van der Waals surface area (Å²) in [6.07, 6.45) is 2.72. The molecule has 1 fully saturated rings. The largest absolute Gasteiger partial charge is 0.314 e. The van der Waals surface area contributed by atoms with Crippen LogP contribution in [0, 0.1) is 0 Å². The second kappa shape index (κ2) is 3.02. The molecule has 1 aromatic carbocycles. The van der Waals surface area contributed by atoms with Crippen LogP contribution in [0.15, 0.2) is 28.1 Å². The highest BCUT2D eigenvalue weighted by molar-refractivity contribution is 7.98. The van der Waals surface area contributed by atoms with Gasteiger partial charge in [-0.2, -0.15) is 0 Å². The molecule has 1 saturated carbocycles. The molecule has 1 N–H and O–H groups in total. The molecule has 1 heterocycles. The minimum absolute atomic E-state index is 0.827. The van der Waals surface area contributed by atoms with E-state index < -0.39 is 0 Å². The Kier molecular flexibility index (Phi) is 1.80. The van der Waals surface area contributed by atoms with Crippen molar-refractivity contribution < 1.29 is 0 Å². The molecule has 0 unspecified atom stereocenters. The Bertz CT molecular complexity index is 408. The van der Waals surface area contributed by atoms with Crippen LogP contribution in [-0.4, -0.2) is 5.84 Å². The number of amidine groups is 1. The molecule has 2 nitrogen and oxygen atoms in total. The molecule has 3 rings (SSSR count). The third kappa shape index (κ3) is 1.42. The standard InChI is InChI=1S/C11H12N2S/c1-7-12-10-5-4-9(8-2-3-8)6-11(10)14-13-7/h4-6,8H,2-3H2,1H3,(H,12,13). The summed E-state index contributed by atoms with van der Waals surface area (Å²) in [5, 5.41) is 0. The van der Waals surface area contributed by atoms with E-state index in [-0.39, 0.29) is 0 Å². The number of fused-ring (bicyclic) bond motifs is 1. The van der Waals surface area contributed by atoms with Gasteiger partial charge in [0.15, 0.2) is 0 Å². The van der Waals surface area contributed by atoms with E-state index in [1.165, 1.54) is 23.3 Å². The van der Waals surface area contributed by atoms with Crippen molar-refractivity contribution in [3.63, 3.8) is 0 Å². The van der Waals surface area contributed by atoms with Crippen LogP contribution >= 0.6 is 11.9 Å². The Morgan fingerprint density at radius 2 is 2.29 bits per heavy atom. The van der Waals surface area contributed by atoms with Gasteiger partial charge in [0.25, 0.3) is 0 Å². The molecular formula is C11H12N2S. The van der Waals surface area contributed by atoms with Crippen LogP contribution in [0.25, 0.3) is 0 Å².